The van der Waals surface area contributed by atoms with Crippen LogP contribution in [0.4, 0.5) is 5.69 Å². The number of carbonyl (C=O) groups excluding carboxylic acids is 1. The summed E-state index contributed by atoms with van der Waals surface area (Å²) in [6, 6.07) is 11.1. The number of halogens is 1. The lowest BCUT2D eigenvalue weighted by molar-refractivity contribution is -0.385. The fourth-order valence-electron chi connectivity index (χ4n) is 3.39. The van der Waals surface area contributed by atoms with Crippen molar-refractivity contribution in [2.45, 2.75) is 10.9 Å². The number of non-ortho nitro benzene ring substituents is 1. The lowest BCUT2D eigenvalue weighted by atomic mass is 10.0. The summed E-state index contributed by atoms with van der Waals surface area (Å²) < 4.78 is 32.0. The minimum Gasteiger partial charge on any atom is -0.468 e. The van der Waals surface area contributed by atoms with Crippen LogP contribution in [0.5, 0.6) is 0 Å². The van der Waals surface area contributed by atoms with Crippen molar-refractivity contribution in [3.63, 3.8) is 0 Å². The second kappa shape index (κ2) is 9.09. The maximum atomic E-state index is 12.9. The fraction of sp³-hybridized carbons (Fsp3) is 0.316. The summed E-state index contributed by atoms with van der Waals surface area (Å²) in [4.78, 5) is 24.4. The monoisotopic (exact) mass is 453 g/mol. The molecule has 1 unspecified atom stereocenters. The van der Waals surface area contributed by atoms with Crippen molar-refractivity contribution in [3.8, 4) is 0 Å². The van der Waals surface area contributed by atoms with Crippen molar-refractivity contribution in [2.75, 3.05) is 33.3 Å². The van der Waals surface area contributed by atoms with E-state index in [-0.39, 0.29) is 36.8 Å². The number of nitrogens with zero attached hydrogens (tertiary/aromatic N) is 3. The Hall–Kier alpha value is -2.53. The summed E-state index contributed by atoms with van der Waals surface area (Å²) >= 11 is 6.27. The van der Waals surface area contributed by atoms with Gasteiger partial charge in [-0.1, -0.05) is 35.9 Å². The predicted molar refractivity (Wildman–Crippen MR) is 110 cm³/mol. The van der Waals surface area contributed by atoms with E-state index in [9.17, 15) is 23.3 Å². The highest BCUT2D eigenvalue weighted by molar-refractivity contribution is 7.89. The summed E-state index contributed by atoms with van der Waals surface area (Å²) in [5.41, 5.74) is 0.292. The van der Waals surface area contributed by atoms with E-state index in [2.05, 4.69) is 0 Å². The molecule has 0 spiro atoms. The van der Waals surface area contributed by atoms with Crippen LogP contribution in [0.3, 0.4) is 0 Å². The molecule has 1 atom stereocenters. The lowest BCUT2D eigenvalue weighted by Crippen LogP contribution is -2.51. The van der Waals surface area contributed by atoms with Crippen molar-refractivity contribution in [2.24, 2.45) is 0 Å². The maximum Gasteiger partial charge on any atom is 0.327 e. The van der Waals surface area contributed by atoms with Crippen LogP contribution >= 0.6 is 11.6 Å². The van der Waals surface area contributed by atoms with Crippen LogP contribution in [0.25, 0.3) is 0 Å². The number of sulfonamides is 1. The Morgan fingerprint density at radius 2 is 1.80 bits per heavy atom. The molecule has 1 aliphatic heterocycles. The van der Waals surface area contributed by atoms with Gasteiger partial charge in [0.2, 0.25) is 10.0 Å². The van der Waals surface area contributed by atoms with Crippen LogP contribution in [0.2, 0.25) is 5.02 Å². The van der Waals surface area contributed by atoms with Crippen molar-refractivity contribution in [1.29, 1.82) is 0 Å². The van der Waals surface area contributed by atoms with Crippen molar-refractivity contribution in [1.82, 2.24) is 9.21 Å². The molecular weight excluding hydrogens is 434 g/mol. The number of nitro benzene ring substituents is 1. The van der Waals surface area contributed by atoms with Crippen LogP contribution in [0, 0.1) is 10.1 Å². The maximum absolute atomic E-state index is 12.9. The number of esters is 1. The Balaban J connectivity index is 1.80. The fourth-order valence-corrected chi connectivity index (χ4v) is 5.09. The van der Waals surface area contributed by atoms with E-state index in [1.807, 2.05) is 4.90 Å². The van der Waals surface area contributed by atoms with E-state index in [4.69, 9.17) is 16.3 Å². The number of nitro groups is 1. The highest BCUT2D eigenvalue weighted by Gasteiger charge is 2.36. The van der Waals surface area contributed by atoms with E-state index in [0.717, 1.165) is 6.07 Å². The first-order valence-electron chi connectivity index (χ1n) is 9.06. The van der Waals surface area contributed by atoms with Crippen LogP contribution in [0.1, 0.15) is 11.6 Å². The topological polar surface area (TPSA) is 110 Å². The van der Waals surface area contributed by atoms with Crippen molar-refractivity contribution >= 4 is 33.3 Å². The Bertz CT molecular complexity index is 1050. The molecule has 1 saturated heterocycles. The Labute approximate surface area is 179 Å². The molecule has 2 aromatic rings. The number of rotatable bonds is 6. The zero-order chi connectivity index (χ0) is 21.9. The number of benzene rings is 2. The third-order valence-corrected chi connectivity index (χ3v) is 7.17. The first kappa shape index (κ1) is 22.2. The molecule has 1 heterocycles. The van der Waals surface area contributed by atoms with Crippen LogP contribution in [-0.2, 0) is 19.6 Å². The molecular formula is C19H20ClN3O6S. The molecule has 160 valence electrons. The van der Waals surface area contributed by atoms with Gasteiger partial charge in [-0.25, -0.2) is 13.2 Å². The van der Waals surface area contributed by atoms with E-state index in [1.165, 1.54) is 29.6 Å². The highest BCUT2D eigenvalue weighted by Crippen LogP contribution is 2.30. The average Bonchev–Trinajstić information content (AvgIpc) is 2.75. The molecule has 0 bridgehead atoms. The van der Waals surface area contributed by atoms with E-state index < -0.39 is 27.0 Å². The van der Waals surface area contributed by atoms with Crippen LogP contribution in [-0.4, -0.2) is 61.8 Å². The van der Waals surface area contributed by atoms with E-state index in [0.29, 0.717) is 10.6 Å². The first-order valence-corrected chi connectivity index (χ1v) is 10.9. The number of ether oxygens (including phenoxy) is 1. The molecule has 0 aromatic heterocycles. The Morgan fingerprint density at radius 3 is 2.40 bits per heavy atom. The lowest BCUT2D eigenvalue weighted by Gasteiger charge is -2.37. The molecule has 30 heavy (non-hydrogen) atoms. The largest absolute Gasteiger partial charge is 0.468 e. The minimum atomic E-state index is -3.91. The third kappa shape index (κ3) is 4.46. The predicted octanol–water partition coefficient (Wildman–Crippen LogP) is 2.47. The van der Waals surface area contributed by atoms with Gasteiger partial charge in [-0.15, -0.1) is 0 Å². The standard InChI is InChI=1S/C19H20ClN3O6S/c1-29-19(24)18(16-7-2-3-8-17(16)20)21-9-11-22(12-10-21)30(27,28)15-6-4-5-14(13-15)23(25)26/h2-8,13,18H,9-12H2,1H3. The number of hydrogen-bond donors (Lipinski definition) is 0. The van der Waals surface area contributed by atoms with Gasteiger partial charge in [-0.05, 0) is 17.7 Å². The molecule has 0 N–H and O–H groups in total. The van der Waals surface area contributed by atoms with Gasteiger partial charge < -0.3 is 4.74 Å². The van der Waals surface area contributed by atoms with Gasteiger partial charge in [0.15, 0.2) is 0 Å². The van der Waals surface area contributed by atoms with Gasteiger partial charge in [-0.2, -0.15) is 4.31 Å². The SMILES string of the molecule is COC(=O)C(c1ccccc1Cl)N1CCN(S(=O)(=O)c2cccc([N+](=O)[O-])c2)CC1. The van der Waals surface area contributed by atoms with Gasteiger partial charge >= 0.3 is 5.97 Å². The molecule has 0 radical (unpaired) electrons. The molecule has 11 heteroatoms. The third-order valence-electron chi connectivity index (χ3n) is 4.93. The summed E-state index contributed by atoms with van der Waals surface area (Å²) in [5, 5.41) is 11.4. The average molecular weight is 454 g/mol. The van der Waals surface area contributed by atoms with Crippen LogP contribution in [0.15, 0.2) is 53.4 Å². The molecule has 0 saturated carbocycles. The minimum absolute atomic E-state index is 0.114. The number of hydrogen-bond acceptors (Lipinski definition) is 7. The normalized spacial score (nSPS) is 16.7. The van der Waals surface area contributed by atoms with Gasteiger partial charge in [0.25, 0.3) is 5.69 Å². The molecule has 1 aliphatic rings. The van der Waals surface area contributed by atoms with Crippen LogP contribution < -0.4 is 0 Å². The van der Waals surface area contributed by atoms with Crippen molar-refractivity contribution in [3.05, 3.63) is 69.2 Å². The summed E-state index contributed by atoms with van der Waals surface area (Å²) in [6.45, 7) is 0.754. The molecule has 0 amide bonds. The summed E-state index contributed by atoms with van der Waals surface area (Å²) in [5.74, 6) is -0.488. The first-order chi connectivity index (χ1) is 14.3. The van der Waals surface area contributed by atoms with Gasteiger partial charge in [0.1, 0.15) is 6.04 Å². The zero-order valence-electron chi connectivity index (χ0n) is 16.1. The van der Waals surface area contributed by atoms with E-state index >= 15 is 0 Å². The molecule has 0 aliphatic carbocycles. The van der Waals surface area contributed by atoms with E-state index in [1.54, 1.807) is 24.3 Å². The Kier molecular flexibility index (Phi) is 6.71. The van der Waals surface area contributed by atoms with Gasteiger partial charge in [0, 0.05) is 43.3 Å². The zero-order valence-corrected chi connectivity index (χ0v) is 17.7. The van der Waals surface area contributed by atoms with Gasteiger partial charge in [0.05, 0.1) is 16.9 Å². The molecule has 9 nitrogen and oxygen atoms in total. The summed E-state index contributed by atoms with van der Waals surface area (Å²) in [7, 11) is -2.62. The number of carbonyl (C=O) groups is 1. The number of piperazine rings is 1. The Morgan fingerprint density at radius 1 is 1.13 bits per heavy atom. The molecule has 3 rings (SSSR count). The quantitative estimate of drug-likeness (QED) is 0.375. The summed E-state index contributed by atoms with van der Waals surface area (Å²) in [6.07, 6.45) is 0. The van der Waals surface area contributed by atoms with Crippen molar-refractivity contribution < 1.29 is 22.9 Å². The second-order valence-corrected chi connectivity index (χ2v) is 8.99. The second-order valence-electron chi connectivity index (χ2n) is 6.64. The van der Waals surface area contributed by atoms with Gasteiger partial charge in [-0.3, -0.25) is 15.0 Å². The molecule has 2 aromatic carbocycles. The number of methoxy groups -OCH3 is 1. The smallest absolute Gasteiger partial charge is 0.327 e. The molecule has 1 fully saturated rings. The highest BCUT2D eigenvalue weighted by atomic mass is 35.5.